The third-order valence-electron chi connectivity index (χ3n) is 6.07. The molecule has 5 aromatic rings. The molecule has 0 radical (unpaired) electrons. The van der Waals surface area contributed by atoms with Crippen LogP contribution >= 0.6 is 0 Å². The predicted molar refractivity (Wildman–Crippen MR) is 129 cm³/mol. The third kappa shape index (κ3) is 3.57. The molecule has 2 N–H and O–H groups in total. The van der Waals surface area contributed by atoms with Crippen LogP contribution in [0.15, 0.2) is 71.7 Å². The highest BCUT2D eigenvalue weighted by atomic mass is 16.4. The zero-order valence-corrected chi connectivity index (χ0v) is 18.6. The number of hydrogen-bond donors (Lipinski definition) is 2. The highest BCUT2D eigenvalue weighted by molar-refractivity contribution is 6.11. The third-order valence-corrected chi connectivity index (χ3v) is 6.07. The van der Waals surface area contributed by atoms with Crippen molar-refractivity contribution in [3.8, 4) is 0 Å². The molecule has 0 atom stereocenters. The van der Waals surface area contributed by atoms with Crippen molar-refractivity contribution in [3.05, 3.63) is 117 Å². The summed E-state index contributed by atoms with van der Waals surface area (Å²) >= 11 is 0. The summed E-state index contributed by atoms with van der Waals surface area (Å²) in [5.74, 6) is -0.667. The minimum atomic E-state index is -0.979. The maximum atomic E-state index is 13.7. The van der Waals surface area contributed by atoms with E-state index in [4.69, 9.17) is 0 Å². The lowest BCUT2D eigenvalue weighted by atomic mass is 9.98. The Kier molecular flexibility index (Phi) is 5.09. The van der Waals surface area contributed by atoms with Crippen molar-refractivity contribution >= 4 is 28.2 Å². The largest absolute Gasteiger partial charge is 0.478 e. The zero-order valence-electron chi connectivity index (χ0n) is 18.6. The number of aromatic carboxylic acids is 1. The van der Waals surface area contributed by atoms with E-state index in [0.29, 0.717) is 34.4 Å². The van der Waals surface area contributed by atoms with Gasteiger partial charge in [-0.25, -0.2) is 9.78 Å². The Labute approximate surface area is 194 Å². The van der Waals surface area contributed by atoms with Gasteiger partial charge < -0.3 is 14.5 Å². The van der Waals surface area contributed by atoms with Gasteiger partial charge in [-0.15, -0.1) is 0 Å². The lowest BCUT2D eigenvalue weighted by Gasteiger charge is -2.06. The standard InChI is InChI=1S/C27H21N3O4/c1-15-20(13-17-6-5-7-19(12-17)27(33)34)23-8-3-4-11-30(23)24(15)25(31)18-9-10-22-21(14-18)26(32)29-16(2)28-22/h3-12,14H,13H2,1-2H3,(H,33,34)(H,28,29,32). The van der Waals surface area contributed by atoms with Gasteiger partial charge in [0.05, 0.1) is 22.2 Å². The molecular formula is C27H21N3O4. The monoisotopic (exact) mass is 451 g/mol. The molecule has 2 aromatic carbocycles. The van der Waals surface area contributed by atoms with E-state index in [-0.39, 0.29) is 16.9 Å². The molecule has 7 nitrogen and oxygen atoms in total. The second-order valence-electron chi connectivity index (χ2n) is 8.30. The smallest absolute Gasteiger partial charge is 0.335 e. The van der Waals surface area contributed by atoms with Crippen LogP contribution in [0.1, 0.15) is 48.9 Å². The SMILES string of the molecule is Cc1nc2ccc(C(=O)c3c(C)c(Cc4cccc(C(=O)O)c4)c4ccccn34)cc2c(=O)[nH]1. The lowest BCUT2D eigenvalue weighted by Crippen LogP contribution is -2.12. The van der Waals surface area contributed by atoms with Crippen LogP contribution in [0, 0.1) is 13.8 Å². The molecule has 0 bridgehead atoms. The summed E-state index contributed by atoms with van der Waals surface area (Å²) in [4.78, 5) is 44.5. The number of fused-ring (bicyclic) bond motifs is 2. The molecule has 0 spiro atoms. The first kappa shape index (κ1) is 21.3. The van der Waals surface area contributed by atoms with E-state index in [9.17, 15) is 19.5 Å². The van der Waals surface area contributed by atoms with E-state index >= 15 is 0 Å². The molecule has 5 rings (SSSR count). The van der Waals surface area contributed by atoms with Gasteiger partial charge in [-0.2, -0.15) is 0 Å². The fraction of sp³-hybridized carbons (Fsp3) is 0.111. The molecule has 0 aliphatic rings. The number of aromatic amines is 1. The topological polar surface area (TPSA) is 105 Å². The number of carboxylic acid groups (broad SMARTS) is 1. The molecule has 3 aromatic heterocycles. The number of carboxylic acids is 1. The van der Waals surface area contributed by atoms with Crippen LogP contribution in [0.3, 0.4) is 0 Å². The van der Waals surface area contributed by atoms with Crippen LogP contribution in [-0.2, 0) is 6.42 Å². The number of benzene rings is 2. The summed E-state index contributed by atoms with van der Waals surface area (Å²) in [6.07, 6.45) is 2.32. The molecule has 0 unspecified atom stereocenters. The van der Waals surface area contributed by atoms with Gasteiger partial charge >= 0.3 is 5.97 Å². The minimum Gasteiger partial charge on any atom is -0.478 e. The van der Waals surface area contributed by atoms with Gasteiger partial charge in [-0.3, -0.25) is 9.59 Å². The van der Waals surface area contributed by atoms with Gasteiger partial charge in [-0.05, 0) is 79.4 Å². The first-order valence-corrected chi connectivity index (χ1v) is 10.8. The Morgan fingerprint density at radius 3 is 2.62 bits per heavy atom. The van der Waals surface area contributed by atoms with Crippen LogP contribution in [0.2, 0.25) is 0 Å². The van der Waals surface area contributed by atoms with E-state index in [1.165, 1.54) is 0 Å². The summed E-state index contributed by atoms with van der Waals surface area (Å²) in [6, 6.07) is 17.5. The van der Waals surface area contributed by atoms with E-state index < -0.39 is 5.97 Å². The summed E-state index contributed by atoms with van der Waals surface area (Å²) in [6.45, 7) is 3.61. The summed E-state index contributed by atoms with van der Waals surface area (Å²) in [7, 11) is 0. The molecule has 0 amide bonds. The quantitative estimate of drug-likeness (QED) is 0.388. The Bertz CT molecular complexity index is 1680. The molecule has 0 aliphatic heterocycles. The molecule has 168 valence electrons. The molecule has 34 heavy (non-hydrogen) atoms. The Morgan fingerprint density at radius 1 is 1.00 bits per heavy atom. The molecule has 3 heterocycles. The highest BCUT2D eigenvalue weighted by Gasteiger charge is 2.22. The van der Waals surface area contributed by atoms with Crippen LogP contribution < -0.4 is 5.56 Å². The van der Waals surface area contributed by atoms with Crippen molar-refractivity contribution in [2.45, 2.75) is 20.3 Å². The van der Waals surface area contributed by atoms with E-state index in [1.54, 1.807) is 43.3 Å². The fourth-order valence-electron chi connectivity index (χ4n) is 4.45. The number of hydrogen-bond acceptors (Lipinski definition) is 4. The summed E-state index contributed by atoms with van der Waals surface area (Å²) in [5.41, 5.74) is 4.86. The summed E-state index contributed by atoms with van der Waals surface area (Å²) in [5, 5.41) is 9.70. The average molecular weight is 451 g/mol. The Morgan fingerprint density at radius 2 is 1.82 bits per heavy atom. The zero-order chi connectivity index (χ0) is 24.0. The van der Waals surface area contributed by atoms with Crippen LogP contribution in [0.5, 0.6) is 0 Å². The first-order chi connectivity index (χ1) is 16.3. The van der Waals surface area contributed by atoms with Crippen molar-refractivity contribution in [3.63, 3.8) is 0 Å². The molecule has 0 saturated carbocycles. The Balaban J connectivity index is 1.64. The van der Waals surface area contributed by atoms with Crippen molar-refractivity contribution in [1.29, 1.82) is 0 Å². The van der Waals surface area contributed by atoms with E-state index in [1.807, 2.05) is 41.8 Å². The van der Waals surface area contributed by atoms with Crippen molar-refractivity contribution in [2.24, 2.45) is 0 Å². The second kappa shape index (κ2) is 8.12. The minimum absolute atomic E-state index is 0.203. The van der Waals surface area contributed by atoms with Gasteiger partial charge in [0.1, 0.15) is 5.82 Å². The van der Waals surface area contributed by atoms with Crippen LogP contribution in [-0.4, -0.2) is 31.2 Å². The molecular weight excluding hydrogens is 430 g/mol. The highest BCUT2D eigenvalue weighted by Crippen LogP contribution is 2.28. The molecule has 0 saturated heterocycles. The normalized spacial score (nSPS) is 11.2. The molecule has 0 aliphatic carbocycles. The van der Waals surface area contributed by atoms with E-state index in [2.05, 4.69) is 9.97 Å². The molecule has 0 fully saturated rings. The first-order valence-electron chi connectivity index (χ1n) is 10.8. The van der Waals surface area contributed by atoms with Crippen molar-refractivity contribution < 1.29 is 14.7 Å². The number of aryl methyl sites for hydroxylation is 1. The van der Waals surface area contributed by atoms with E-state index in [0.717, 1.165) is 22.2 Å². The second-order valence-corrected chi connectivity index (χ2v) is 8.30. The van der Waals surface area contributed by atoms with Crippen LogP contribution in [0.4, 0.5) is 0 Å². The van der Waals surface area contributed by atoms with Gasteiger partial charge in [-0.1, -0.05) is 18.2 Å². The fourth-order valence-corrected chi connectivity index (χ4v) is 4.45. The number of carbonyl (C=O) groups excluding carboxylic acids is 1. The number of ketones is 1. The van der Waals surface area contributed by atoms with Gasteiger partial charge in [0.2, 0.25) is 5.78 Å². The number of rotatable bonds is 5. The maximum absolute atomic E-state index is 13.7. The van der Waals surface area contributed by atoms with Crippen LogP contribution in [0.25, 0.3) is 16.4 Å². The number of carbonyl (C=O) groups is 2. The average Bonchev–Trinajstić information content (AvgIpc) is 3.09. The number of nitrogens with zero attached hydrogens (tertiary/aromatic N) is 2. The van der Waals surface area contributed by atoms with Crippen molar-refractivity contribution in [1.82, 2.24) is 14.4 Å². The van der Waals surface area contributed by atoms with Crippen molar-refractivity contribution in [2.75, 3.05) is 0 Å². The number of nitrogens with one attached hydrogen (secondary N) is 1. The lowest BCUT2D eigenvalue weighted by molar-refractivity contribution is 0.0696. The summed E-state index contributed by atoms with van der Waals surface area (Å²) < 4.78 is 1.86. The molecule has 7 heteroatoms. The maximum Gasteiger partial charge on any atom is 0.335 e. The van der Waals surface area contributed by atoms with Gasteiger partial charge in [0, 0.05) is 17.3 Å². The van der Waals surface area contributed by atoms with Gasteiger partial charge in [0.15, 0.2) is 0 Å². The van der Waals surface area contributed by atoms with Gasteiger partial charge in [0.25, 0.3) is 5.56 Å². The Hall–Kier alpha value is -4.52. The predicted octanol–water partition coefficient (Wildman–Crippen LogP) is 4.31. The number of aromatic nitrogens is 3. The number of H-pyrrole nitrogens is 1. The number of pyridine rings is 1.